The van der Waals surface area contributed by atoms with Gasteiger partial charge in [-0.05, 0) is 56.2 Å². The number of sulfonamides is 1. The number of carbonyl (C=O) groups is 2. The minimum atomic E-state index is -4.10. The Morgan fingerprint density at radius 1 is 0.925 bits per heavy atom. The predicted octanol–water partition coefficient (Wildman–Crippen LogP) is 5.05. The largest absolute Gasteiger partial charge is 0.350 e. The first-order valence-electron chi connectivity index (χ1n) is 12.5. The number of benzene rings is 3. The Bertz CT molecular complexity index is 1450. The number of rotatable bonds is 10. The molecule has 0 saturated carbocycles. The van der Waals surface area contributed by atoms with Crippen LogP contribution in [0.25, 0.3) is 0 Å². The Kier molecular flexibility index (Phi) is 10.1. The summed E-state index contributed by atoms with van der Waals surface area (Å²) in [6, 6.07) is 17.9. The number of nitrogens with one attached hydrogen (secondary N) is 1. The maximum absolute atomic E-state index is 14.0. The van der Waals surface area contributed by atoms with Crippen molar-refractivity contribution >= 4 is 43.5 Å². The van der Waals surface area contributed by atoms with Crippen molar-refractivity contribution in [3.05, 3.63) is 100 Å². The van der Waals surface area contributed by atoms with Crippen LogP contribution in [-0.4, -0.2) is 49.5 Å². The Morgan fingerprint density at radius 3 is 2.10 bits per heavy atom. The molecule has 3 rings (SSSR count). The Hall–Kier alpha value is -3.31. The molecule has 11 heteroatoms. The molecule has 0 saturated heterocycles. The summed E-state index contributed by atoms with van der Waals surface area (Å²) in [6.07, 6.45) is 1.03. The summed E-state index contributed by atoms with van der Waals surface area (Å²) < 4.78 is 54.6. The van der Waals surface area contributed by atoms with E-state index in [4.69, 9.17) is 0 Å². The first kappa shape index (κ1) is 31.2. The molecule has 2 amide bonds. The molecule has 0 radical (unpaired) electrons. The van der Waals surface area contributed by atoms with E-state index in [9.17, 15) is 26.8 Å². The highest BCUT2D eigenvalue weighted by Crippen LogP contribution is 2.23. The zero-order chi connectivity index (χ0) is 29.7. The summed E-state index contributed by atoms with van der Waals surface area (Å²) in [7, 11) is -4.10. The molecule has 214 valence electrons. The summed E-state index contributed by atoms with van der Waals surface area (Å²) in [6.45, 7) is 4.73. The van der Waals surface area contributed by atoms with Gasteiger partial charge in [-0.25, -0.2) is 17.2 Å². The summed E-state index contributed by atoms with van der Waals surface area (Å²) >= 11 is 3.39. The minimum Gasteiger partial charge on any atom is -0.350 e. The maximum Gasteiger partial charge on any atom is 0.244 e. The van der Waals surface area contributed by atoms with E-state index in [1.54, 1.807) is 24.3 Å². The van der Waals surface area contributed by atoms with Gasteiger partial charge in [0.2, 0.25) is 21.8 Å². The number of amides is 2. The second-order valence-corrected chi connectivity index (χ2v) is 13.3. The second-order valence-electron chi connectivity index (χ2n) is 10.5. The van der Waals surface area contributed by atoms with E-state index in [1.165, 1.54) is 4.90 Å². The molecule has 3 aromatic carbocycles. The minimum absolute atomic E-state index is 0.00342. The predicted molar refractivity (Wildman–Crippen MR) is 155 cm³/mol. The Labute approximate surface area is 242 Å². The first-order valence-corrected chi connectivity index (χ1v) is 15.1. The molecule has 7 nitrogen and oxygen atoms in total. The zero-order valence-corrected chi connectivity index (χ0v) is 25.1. The van der Waals surface area contributed by atoms with Crippen LogP contribution in [0.5, 0.6) is 0 Å². The van der Waals surface area contributed by atoms with Gasteiger partial charge < -0.3 is 10.2 Å². The molecular weight excluding hydrogens is 604 g/mol. The fourth-order valence-electron chi connectivity index (χ4n) is 4.05. The van der Waals surface area contributed by atoms with Crippen LogP contribution >= 0.6 is 15.9 Å². The van der Waals surface area contributed by atoms with Crippen molar-refractivity contribution < 1.29 is 26.8 Å². The van der Waals surface area contributed by atoms with E-state index in [-0.39, 0.29) is 18.7 Å². The van der Waals surface area contributed by atoms with Crippen LogP contribution in [0.1, 0.15) is 31.9 Å². The van der Waals surface area contributed by atoms with Gasteiger partial charge >= 0.3 is 0 Å². The van der Waals surface area contributed by atoms with Gasteiger partial charge in [0.15, 0.2) is 11.6 Å². The smallest absolute Gasteiger partial charge is 0.244 e. The van der Waals surface area contributed by atoms with Crippen LogP contribution in [0.15, 0.2) is 77.3 Å². The average molecular weight is 637 g/mol. The zero-order valence-electron chi connectivity index (χ0n) is 22.7. The van der Waals surface area contributed by atoms with Gasteiger partial charge in [0.1, 0.15) is 12.6 Å². The molecule has 0 spiro atoms. The first-order chi connectivity index (χ1) is 18.6. The normalized spacial score (nSPS) is 12.5. The van der Waals surface area contributed by atoms with Crippen LogP contribution < -0.4 is 9.62 Å². The van der Waals surface area contributed by atoms with Crippen molar-refractivity contribution in [2.75, 3.05) is 17.1 Å². The van der Waals surface area contributed by atoms with Gasteiger partial charge in [-0.3, -0.25) is 13.9 Å². The number of anilines is 1. The average Bonchev–Trinajstić information content (AvgIpc) is 2.86. The lowest BCUT2D eigenvalue weighted by atomic mass is 10.0. The van der Waals surface area contributed by atoms with Crippen LogP contribution in [0.2, 0.25) is 0 Å². The fraction of sp³-hybridized carbons (Fsp3) is 0.310. The van der Waals surface area contributed by atoms with Gasteiger partial charge in [0.05, 0.1) is 11.9 Å². The molecule has 3 aromatic rings. The molecule has 0 unspecified atom stereocenters. The third kappa shape index (κ3) is 8.85. The molecular formula is C29H32BrF2N3O4S. The molecule has 40 heavy (non-hydrogen) atoms. The molecule has 0 bridgehead atoms. The lowest BCUT2D eigenvalue weighted by Gasteiger charge is -2.35. The topological polar surface area (TPSA) is 86.8 Å². The van der Waals surface area contributed by atoms with Gasteiger partial charge in [-0.15, -0.1) is 0 Å². The maximum atomic E-state index is 14.0. The van der Waals surface area contributed by atoms with E-state index in [2.05, 4.69) is 21.2 Å². The number of hydrogen-bond donors (Lipinski definition) is 1. The highest BCUT2D eigenvalue weighted by molar-refractivity contribution is 9.10. The monoisotopic (exact) mass is 635 g/mol. The van der Waals surface area contributed by atoms with Gasteiger partial charge in [0.25, 0.3) is 0 Å². The van der Waals surface area contributed by atoms with Crippen LogP contribution in [-0.2, 0) is 32.6 Å². The summed E-state index contributed by atoms with van der Waals surface area (Å²) in [4.78, 5) is 28.9. The van der Waals surface area contributed by atoms with Crippen molar-refractivity contribution in [2.45, 2.75) is 45.3 Å². The number of carbonyl (C=O) groups excluding carboxylic acids is 2. The van der Waals surface area contributed by atoms with Crippen molar-refractivity contribution in [3.63, 3.8) is 0 Å². The molecule has 1 N–H and O–H groups in total. The van der Waals surface area contributed by atoms with E-state index in [0.717, 1.165) is 34.5 Å². The summed E-state index contributed by atoms with van der Waals surface area (Å²) in [5, 5.41) is 2.94. The Morgan fingerprint density at radius 2 is 1.55 bits per heavy atom. The SMILES string of the molecule is CC(C)(C)NC(=O)[C@H](Cc1ccccc1)N(Cc1ccc(Br)cc1)C(=O)CN(c1ccc(F)c(F)c1)S(C)(=O)=O. The molecule has 0 aromatic heterocycles. The molecule has 0 aliphatic heterocycles. The van der Waals surface area contributed by atoms with E-state index in [0.29, 0.717) is 9.87 Å². The molecule has 0 aliphatic rings. The van der Waals surface area contributed by atoms with E-state index >= 15 is 0 Å². The van der Waals surface area contributed by atoms with Gasteiger partial charge in [-0.1, -0.05) is 58.4 Å². The van der Waals surface area contributed by atoms with Crippen LogP contribution in [0.4, 0.5) is 14.5 Å². The lowest BCUT2D eigenvalue weighted by molar-refractivity contribution is -0.140. The second kappa shape index (κ2) is 12.9. The third-order valence-electron chi connectivity index (χ3n) is 5.91. The number of nitrogens with zero attached hydrogens (tertiary/aromatic N) is 2. The van der Waals surface area contributed by atoms with Crippen molar-refractivity contribution in [1.29, 1.82) is 0 Å². The van der Waals surface area contributed by atoms with E-state index < -0.39 is 51.6 Å². The standard InChI is InChI=1S/C29H32BrF2N3O4S/c1-29(2,3)33-28(37)26(16-20-8-6-5-7-9-20)34(18-21-10-12-22(30)13-11-21)27(36)19-35(40(4,38)39)23-14-15-24(31)25(32)17-23/h5-15,17,26H,16,18-19H2,1-4H3,(H,33,37)/t26-/m0/s1. The summed E-state index contributed by atoms with van der Waals surface area (Å²) in [5.74, 6) is -3.51. The fourth-order valence-corrected chi connectivity index (χ4v) is 5.15. The van der Waals surface area contributed by atoms with Gasteiger partial charge in [-0.2, -0.15) is 0 Å². The van der Waals surface area contributed by atoms with E-state index in [1.807, 2.05) is 51.1 Å². The van der Waals surface area contributed by atoms with Crippen molar-refractivity contribution in [2.24, 2.45) is 0 Å². The highest BCUT2D eigenvalue weighted by Gasteiger charge is 2.34. The van der Waals surface area contributed by atoms with Crippen LogP contribution in [0.3, 0.4) is 0 Å². The lowest BCUT2D eigenvalue weighted by Crippen LogP contribution is -2.56. The number of halogens is 3. The number of hydrogen-bond acceptors (Lipinski definition) is 4. The quantitative estimate of drug-likeness (QED) is 0.338. The molecule has 1 atom stereocenters. The van der Waals surface area contributed by atoms with Crippen molar-refractivity contribution in [1.82, 2.24) is 10.2 Å². The molecule has 0 aliphatic carbocycles. The third-order valence-corrected chi connectivity index (χ3v) is 7.58. The van der Waals surface area contributed by atoms with Gasteiger partial charge in [0, 0.05) is 29.0 Å². The highest BCUT2D eigenvalue weighted by atomic mass is 79.9. The molecule has 0 heterocycles. The molecule has 0 fully saturated rings. The van der Waals surface area contributed by atoms with Crippen LogP contribution in [0, 0.1) is 11.6 Å². The summed E-state index contributed by atoms with van der Waals surface area (Å²) in [5.41, 5.74) is 0.683. The van der Waals surface area contributed by atoms with Crippen molar-refractivity contribution in [3.8, 4) is 0 Å². The Balaban J connectivity index is 2.08.